The van der Waals surface area contributed by atoms with Crippen LogP contribution in [-0.2, 0) is 15.9 Å². The SMILES string of the molecule is N=COB[C@@H](Cc1cccc(I)c1)C(=O)O. The van der Waals surface area contributed by atoms with Gasteiger partial charge in [0.1, 0.15) is 6.40 Å². The van der Waals surface area contributed by atoms with Crippen LogP contribution >= 0.6 is 22.6 Å². The minimum Gasteiger partial charge on any atom is -0.556 e. The number of nitrogens with one attached hydrogen (secondary N) is 1. The van der Waals surface area contributed by atoms with Crippen LogP contribution in [0, 0.1) is 8.98 Å². The maximum Gasteiger partial charge on any atom is 0.355 e. The third kappa shape index (κ3) is 4.22. The molecule has 84 valence electrons. The Labute approximate surface area is 108 Å². The smallest absolute Gasteiger partial charge is 0.355 e. The number of carbonyl (C=O) groups is 1. The Hall–Kier alpha value is -1.05. The van der Waals surface area contributed by atoms with Gasteiger partial charge in [-0.2, -0.15) is 0 Å². The lowest BCUT2D eigenvalue weighted by molar-refractivity contribution is -0.137. The summed E-state index contributed by atoms with van der Waals surface area (Å²) < 4.78 is 5.79. The van der Waals surface area contributed by atoms with Crippen LogP contribution in [0.15, 0.2) is 24.3 Å². The van der Waals surface area contributed by atoms with Crippen LogP contribution in [0.1, 0.15) is 5.56 Å². The van der Waals surface area contributed by atoms with E-state index in [1.807, 2.05) is 24.3 Å². The van der Waals surface area contributed by atoms with Crippen molar-refractivity contribution in [3.05, 3.63) is 33.4 Å². The lowest BCUT2D eigenvalue weighted by Crippen LogP contribution is -2.19. The number of rotatable bonds is 6. The molecule has 0 saturated heterocycles. The Morgan fingerprint density at radius 2 is 2.44 bits per heavy atom. The fourth-order valence-corrected chi connectivity index (χ4v) is 1.94. The summed E-state index contributed by atoms with van der Waals surface area (Å²) in [6.45, 7) is 0. The highest BCUT2D eigenvalue weighted by Crippen LogP contribution is 2.16. The zero-order valence-corrected chi connectivity index (χ0v) is 10.7. The van der Waals surface area contributed by atoms with E-state index in [0.29, 0.717) is 6.42 Å². The summed E-state index contributed by atoms with van der Waals surface area (Å²) in [6, 6.07) is 7.69. The Bertz CT molecular complexity index is 386. The van der Waals surface area contributed by atoms with E-state index in [1.54, 1.807) is 0 Å². The fourth-order valence-electron chi connectivity index (χ4n) is 1.33. The Balaban J connectivity index is 2.67. The predicted molar refractivity (Wildman–Crippen MR) is 71.3 cm³/mol. The third-order valence-corrected chi connectivity index (χ3v) is 2.77. The van der Waals surface area contributed by atoms with E-state index in [-0.39, 0.29) is 7.48 Å². The van der Waals surface area contributed by atoms with Crippen molar-refractivity contribution in [1.82, 2.24) is 0 Å². The molecule has 0 aliphatic carbocycles. The second kappa shape index (κ2) is 6.52. The topological polar surface area (TPSA) is 70.4 Å². The van der Waals surface area contributed by atoms with Crippen LogP contribution in [0.25, 0.3) is 0 Å². The van der Waals surface area contributed by atoms with Gasteiger partial charge >= 0.3 is 13.5 Å². The Kier molecular flexibility index (Phi) is 5.31. The zero-order chi connectivity index (χ0) is 12.0. The largest absolute Gasteiger partial charge is 0.556 e. The van der Waals surface area contributed by atoms with Gasteiger partial charge < -0.3 is 9.76 Å². The lowest BCUT2D eigenvalue weighted by Gasteiger charge is -2.09. The van der Waals surface area contributed by atoms with Gasteiger partial charge in [0.2, 0.25) is 0 Å². The van der Waals surface area contributed by atoms with Gasteiger partial charge in [0.15, 0.2) is 0 Å². The van der Waals surface area contributed by atoms with Gasteiger partial charge in [0.25, 0.3) is 0 Å². The Morgan fingerprint density at radius 1 is 1.69 bits per heavy atom. The average molecular weight is 331 g/mol. The van der Waals surface area contributed by atoms with E-state index in [2.05, 4.69) is 22.6 Å². The molecule has 0 aromatic heterocycles. The standard InChI is InChI=1S/C10H11BINO3/c12-8-3-1-2-7(4-8)5-9(10(14)15)11-16-6-13/h1-4,6,9,11,13H,5H2,(H,14,15)/t9-/m0/s1. The molecule has 0 saturated carbocycles. The number of halogens is 1. The highest BCUT2D eigenvalue weighted by Gasteiger charge is 2.21. The van der Waals surface area contributed by atoms with Crippen molar-refractivity contribution in [3.63, 3.8) is 0 Å². The molecule has 0 heterocycles. The number of benzene rings is 1. The third-order valence-electron chi connectivity index (χ3n) is 2.10. The first kappa shape index (κ1) is 13.0. The van der Waals surface area contributed by atoms with E-state index in [4.69, 9.17) is 15.2 Å². The number of hydrogen-bond acceptors (Lipinski definition) is 3. The van der Waals surface area contributed by atoms with Gasteiger partial charge in [-0.3, -0.25) is 10.2 Å². The molecular formula is C10H11BINO3. The summed E-state index contributed by atoms with van der Waals surface area (Å²) in [4.78, 5) is 10.9. The highest BCUT2D eigenvalue weighted by atomic mass is 127. The van der Waals surface area contributed by atoms with Gasteiger partial charge in [-0.15, -0.1) is 0 Å². The van der Waals surface area contributed by atoms with Crippen LogP contribution in [0.3, 0.4) is 0 Å². The molecule has 4 nitrogen and oxygen atoms in total. The van der Waals surface area contributed by atoms with E-state index in [0.717, 1.165) is 15.5 Å². The first-order chi connectivity index (χ1) is 7.63. The second-order valence-electron chi connectivity index (χ2n) is 3.32. The highest BCUT2D eigenvalue weighted by molar-refractivity contribution is 14.1. The van der Waals surface area contributed by atoms with E-state index in [1.165, 1.54) is 0 Å². The van der Waals surface area contributed by atoms with Crippen molar-refractivity contribution in [1.29, 1.82) is 5.41 Å². The van der Waals surface area contributed by atoms with Gasteiger partial charge in [-0.25, -0.2) is 0 Å². The van der Waals surface area contributed by atoms with Gasteiger partial charge in [0.05, 0.1) is 5.82 Å². The van der Waals surface area contributed by atoms with Crippen molar-refractivity contribution < 1.29 is 14.6 Å². The van der Waals surface area contributed by atoms with Gasteiger partial charge in [0, 0.05) is 3.57 Å². The summed E-state index contributed by atoms with van der Waals surface area (Å²) >= 11 is 2.18. The first-order valence-electron chi connectivity index (χ1n) is 4.71. The minimum absolute atomic E-state index is 0.0321. The normalized spacial score (nSPS) is 11.6. The molecule has 1 atom stereocenters. The molecule has 0 aliphatic rings. The minimum atomic E-state index is -0.902. The molecule has 0 radical (unpaired) electrons. The molecule has 1 aromatic carbocycles. The first-order valence-corrected chi connectivity index (χ1v) is 5.79. The van der Waals surface area contributed by atoms with E-state index in [9.17, 15) is 4.79 Å². The maximum absolute atomic E-state index is 10.9. The van der Waals surface area contributed by atoms with Crippen LogP contribution in [-0.4, -0.2) is 25.0 Å². The molecule has 1 rings (SSSR count). The summed E-state index contributed by atoms with van der Waals surface area (Å²) in [5.41, 5.74) is 0.966. The fraction of sp³-hybridized carbons (Fsp3) is 0.200. The van der Waals surface area contributed by atoms with Crippen molar-refractivity contribution in [2.75, 3.05) is 0 Å². The zero-order valence-electron chi connectivity index (χ0n) is 8.52. The van der Waals surface area contributed by atoms with Crippen molar-refractivity contribution >= 4 is 42.4 Å². The molecule has 0 fully saturated rings. The van der Waals surface area contributed by atoms with Crippen LogP contribution in [0.2, 0.25) is 5.82 Å². The Morgan fingerprint density at radius 3 is 3.00 bits per heavy atom. The van der Waals surface area contributed by atoms with Crippen molar-refractivity contribution in [3.8, 4) is 0 Å². The molecule has 0 bridgehead atoms. The average Bonchev–Trinajstić information content (AvgIpc) is 2.24. The van der Waals surface area contributed by atoms with Crippen molar-refractivity contribution in [2.45, 2.75) is 12.2 Å². The van der Waals surface area contributed by atoms with Crippen LogP contribution in [0.5, 0.6) is 0 Å². The number of hydrogen-bond donors (Lipinski definition) is 2. The summed E-state index contributed by atoms with van der Waals surface area (Å²) in [6.07, 6.45) is 1.19. The lowest BCUT2D eigenvalue weighted by atomic mass is 9.76. The summed E-state index contributed by atoms with van der Waals surface area (Å²) in [5, 5.41) is 15.7. The number of carboxylic acids is 1. The summed E-state index contributed by atoms with van der Waals surface area (Å²) in [5.74, 6) is -1.51. The molecule has 1 aromatic rings. The maximum atomic E-state index is 10.9. The number of carboxylic acid groups (broad SMARTS) is 1. The molecular weight excluding hydrogens is 320 g/mol. The molecule has 0 unspecified atom stereocenters. The molecule has 0 aliphatic heterocycles. The van der Waals surface area contributed by atoms with Gasteiger partial charge in [-0.1, -0.05) is 12.1 Å². The van der Waals surface area contributed by atoms with Crippen LogP contribution in [0.4, 0.5) is 0 Å². The van der Waals surface area contributed by atoms with Gasteiger partial charge in [-0.05, 0) is 46.7 Å². The quantitative estimate of drug-likeness (QED) is 0.361. The molecule has 0 amide bonds. The van der Waals surface area contributed by atoms with Crippen molar-refractivity contribution in [2.24, 2.45) is 0 Å². The predicted octanol–water partition coefficient (Wildman–Crippen LogP) is 1.68. The summed E-state index contributed by atoms with van der Waals surface area (Å²) in [7, 11) is 0.0321. The molecule has 2 N–H and O–H groups in total. The molecule has 6 heteroatoms. The second-order valence-corrected chi connectivity index (χ2v) is 4.57. The van der Waals surface area contributed by atoms with E-state index < -0.39 is 11.8 Å². The number of aliphatic carboxylic acids is 1. The molecule has 16 heavy (non-hydrogen) atoms. The monoisotopic (exact) mass is 331 g/mol. The molecule has 0 spiro atoms. The van der Waals surface area contributed by atoms with E-state index >= 15 is 0 Å². The van der Waals surface area contributed by atoms with Crippen LogP contribution < -0.4 is 0 Å².